The Balaban J connectivity index is 1.82. The van der Waals surface area contributed by atoms with Crippen LogP contribution < -0.4 is 11.2 Å². The maximum Gasteiger partial charge on any atom is 0.337 e. The van der Waals surface area contributed by atoms with Gasteiger partial charge in [-0.1, -0.05) is 78.9 Å². The Morgan fingerprint density at radius 3 is 2.18 bits per heavy atom. The van der Waals surface area contributed by atoms with E-state index in [0.717, 1.165) is 16.7 Å². The van der Waals surface area contributed by atoms with Crippen LogP contribution in [0.25, 0.3) is 16.9 Å². The number of hydrogen-bond donors (Lipinski definition) is 0. The molecular formula is C27H24N4O2. The molecule has 2 aromatic heterocycles. The number of aromatic nitrogens is 4. The van der Waals surface area contributed by atoms with Crippen LogP contribution in [0.5, 0.6) is 0 Å². The molecule has 1 unspecified atom stereocenters. The molecule has 0 N–H and O–H groups in total. The summed E-state index contributed by atoms with van der Waals surface area (Å²) in [4.78, 5) is 32.0. The molecule has 1 atom stereocenters. The van der Waals surface area contributed by atoms with Gasteiger partial charge in [-0.2, -0.15) is 0 Å². The zero-order chi connectivity index (χ0) is 22.9. The van der Waals surface area contributed by atoms with Crippen molar-refractivity contribution in [3.8, 4) is 5.69 Å². The molecule has 0 fully saturated rings. The van der Waals surface area contributed by atoms with E-state index < -0.39 is 5.69 Å². The van der Waals surface area contributed by atoms with Gasteiger partial charge in [-0.25, -0.2) is 14.3 Å². The lowest BCUT2D eigenvalue weighted by Crippen LogP contribution is -2.40. The van der Waals surface area contributed by atoms with Crippen LogP contribution >= 0.6 is 0 Å². The van der Waals surface area contributed by atoms with Crippen molar-refractivity contribution in [1.82, 2.24) is 18.7 Å². The molecule has 6 heteroatoms. The van der Waals surface area contributed by atoms with Crippen molar-refractivity contribution in [2.24, 2.45) is 0 Å². The minimum absolute atomic E-state index is 0.128. The largest absolute Gasteiger partial charge is 0.337 e. The topological polar surface area (TPSA) is 61.8 Å². The van der Waals surface area contributed by atoms with Crippen LogP contribution in [-0.4, -0.2) is 18.7 Å². The molecule has 2 heterocycles. The Morgan fingerprint density at radius 1 is 0.848 bits per heavy atom. The molecule has 3 aromatic carbocycles. The maximum atomic E-state index is 13.7. The minimum atomic E-state index is -0.400. The van der Waals surface area contributed by atoms with E-state index >= 15 is 0 Å². The van der Waals surface area contributed by atoms with Crippen LogP contribution in [0.15, 0.2) is 101 Å². The number of benzene rings is 3. The van der Waals surface area contributed by atoms with Gasteiger partial charge in [-0.05, 0) is 36.6 Å². The van der Waals surface area contributed by atoms with Crippen molar-refractivity contribution >= 4 is 11.2 Å². The van der Waals surface area contributed by atoms with Crippen molar-refractivity contribution < 1.29 is 0 Å². The van der Waals surface area contributed by atoms with E-state index in [0.29, 0.717) is 16.9 Å². The Morgan fingerprint density at radius 2 is 1.48 bits per heavy atom. The Kier molecular flexibility index (Phi) is 5.26. The molecule has 0 saturated carbocycles. The summed E-state index contributed by atoms with van der Waals surface area (Å²) in [7, 11) is 0. The number of aryl methyl sites for hydroxylation is 1. The summed E-state index contributed by atoms with van der Waals surface area (Å²) in [6.45, 7) is 4.16. The third kappa shape index (κ3) is 3.59. The van der Waals surface area contributed by atoms with Crippen molar-refractivity contribution in [1.29, 1.82) is 0 Å². The molecule has 5 aromatic rings. The fraction of sp³-hybridized carbons (Fsp3) is 0.148. The van der Waals surface area contributed by atoms with Gasteiger partial charge in [0.25, 0.3) is 5.56 Å². The van der Waals surface area contributed by atoms with Gasteiger partial charge in [0.2, 0.25) is 0 Å². The molecule has 6 nitrogen and oxygen atoms in total. The zero-order valence-electron chi connectivity index (χ0n) is 18.6. The van der Waals surface area contributed by atoms with Gasteiger partial charge >= 0.3 is 5.69 Å². The third-order valence-electron chi connectivity index (χ3n) is 6.10. The first-order valence-electron chi connectivity index (χ1n) is 10.9. The number of hydrogen-bond acceptors (Lipinski definition) is 3. The summed E-state index contributed by atoms with van der Waals surface area (Å²) < 4.78 is 4.73. The molecule has 164 valence electrons. The highest BCUT2D eigenvalue weighted by Crippen LogP contribution is 2.23. The summed E-state index contributed by atoms with van der Waals surface area (Å²) in [6.07, 6.45) is 1.66. The van der Waals surface area contributed by atoms with E-state index in [-0.39, 0.29) is 18.1 Å². The standard InChI is InChI=1S/C27H24N4O2/c1-19-11-9-10-16-23(19)31-25-24(30(18-28-25)20(2)22-14-7-4-8-15-22)26(32)29(27(31)33)17-21-12-5-3-6-13-21/h3-16,18,20H,17H2,1-2H3. The normalized spacial score (nSPS) is 12.2. The summed E-state index contributed by atoms with van der Waals surface area (Å²) in [6, 6.07) is 27.0. The summed E-state index contributed by atoms with van der Waals surface area (Å²) in [5, 5.41) is 0. The van der Waals surface area contributed by atoms with Crippen LogP contribution in [0.1, 0.15) is 29.7 Å². The van der Waals surface area contributed by atoms with Gasteiger partial charge in [-0.3, -0.25) is 9.36 Å². The zero-order valence-corrected chi connectivity index (χ0v) is 18.6. The van der Waals surface area contributed by atoms with Gasteiger partial charge in [0.15, 0.2) is 11.2 Å². The lowest BCUT2D eigenvalue weighted by molar-refractivity contribution is 0.639. The van der Waals surface area contributed by atoms with Gasteiger partial charge in [0, 0.05) is 0 Å². The average molecular weight is 437 g/mol. The second kappa shape index (κ2) is 8.39. The van der Waals surface area contributed by atoms with E-state index in [2.05, 4.69) is 4.98 Å². The predicted octanol–water partition coefficient (Wildman–Crippen LogP) is 4.31. The second-order valence-corrected chi connectivity index (χ2v) is 8.19. The minimum Gasteiger partial charge on any atom is -0.317 e. The molecule has 5 rings (SSSR count). The number of rotatable bonds is 5. The van der Waals surface area contributed by atoms with Gasteiger partial charge in [0.05, 0.1) is 24.6 Å². The van der Waals surface area contributed by atoms with Crippen molar-refractivity contribution in [2.45, 2.75) is 26.4 Å². The van der Waals surface area contributed by atoms with Crippen LogP contribution in [0.2, 0.25) is 0 Å². The van der Waals surface area contributed by atoms with Crippen LogP contribution in [0.4, 0.5) is 0 Å². The van der Waals surface area contributed by atoms with E-state index in [9.17, 15) is 9.59 Å². The Bertz CT molecular complexity index is 1550. The van der Waals surface area contributed by atoms with Gasteiger partial charge < -0.3 is 4.57 Å². The van der Waals surface area contributed by atoms with Crippen molar-refractivity contribution in [2.75, 3.05) is 0 Å². The highest BCUT2D eigenvalue weighted by Gasteiger charge is 2.22. The highest BCUT2D eigenvalue weighted by atomic mass is 16.2. The van der Waals surface area contributed by atoms with Crippen molar-refractivity contribution in [3.63, 3.8) is 0 Å². The number of imidazole rings is 1. The summed E-state index contributed by atoms with van der Waals surface area (Å²) in [5.41, 5.74) is 3.61. The van der Waals surface area contributed by atoms with Crippen LogP contribution in [0.3, 0.4) is 0 Å². The maximum absolute atomic E-state index is 13.7. The summed E-state index contributed by atoms with van der Waals surface area (Å²) >= 11 is 0. The van der Waals surface area contributed by atoms with E-state index in [4.69, 9.17) is 0 Å². The number of para-hydroxylation sites is 1. The first-order valence-corrected chi connectivity index (χ1v) is 10.9. The molecule has 0 amide bonds. The number of fused-ring (bicyclic) bond motifs is 1. The van der Waals surface area contributed by atoms with Crippen LogP contribution in [-0.2, 0) is 6.54 Å². The van der Waals surface area contributed by atoms with E-state index in [1.54, 1.807) is 10.9 Å². The average Bonchev–Trinajstić information content (AvgIpc) is 3.29. The van der Waals surface area contributed by atoms with E-state index in [1.807, 2.05) is 103 Å². The first kappa shape index (κ1) is 20.7. The lowest BCUT2D eigenvalue weighted by atomic mass is 10.1. The lowest BCUT2D eigenvalue weighted by Gasteiger charge is -2.17. The summed E-state index contributed by atoms with van der Waals surface area (Å²) in [5.74, 6) is 0. The predicted molar refractivity (Wildman–Crippen MR) is 130 cm³/mol. The number of nitrogens with zero attached hydrogens (tertiary/aromatic N) is 4. The highest BCUT2D eigenvalue weighted by molar-refractivity contribution is 5.73. The fourth-order valence-electron chi connectivity index (χ4n) is 4.27. The molecule has 0 radical (unpaired) electrons. The van der Waals surface area contributed by atoms with Crippen molar-refractivity contribution in [3.05, 3.63) is 129 Å². The smallest absolute Gasteiger partial charge is 0.317 e. The third-order valence-corrected chi connectivity index (χ3v) is 6.10. The first-order chi connectivity index (χ1) is 16.1. The molecule has 0 aliphatic heterocycles. The van der Waals surface area contributed by atoms with E-state index in [1.165, 1.54) is 4.57 Å². The van der Waals surface area contributed by atoms with Crippen LogP contribution in [0, 0.1) is 6.92 Å². The monoisotopic (exact) mass is 436 g/mol. The molecule has 0 saturated heterocycles. The molecule has 33 heavy (non-hydrogen) atoms. The Hall–Kier alpha value is -4.19. The fourth-order valence-corrected chi connectivity index (χ4v) is 4.27. The molecular weight excluding hydrogens is 412 g/mol. The van der Waals surface area contributed by atoms with Gasteiger partial charge in [0.1, 0.15) is 0 Å². The molecule has 0 aliphatic carbocycles. The quantitative estimate of drug-likeness (QED) is 0.412. The SMILES string of the molecule is Cc1ccccc1-n1c(=O)n(Cc2ccccc2)c(=O)c2c1ncn2C(C)c1ccccc1. The van der Waals surface area contributed by atoms with Gasteiger partial charge in [-0.15, -0.1) is 0 Å². The second-order valence-electron chi connectivity index (χ2n) is 8.19. The molecule has 0 spiro atoms. The molecule has 0 bridgehead atoms. The Labute approximate surface area is 191 Å². The molecule has 0 aliphatic rings.